The van der Waals surface area contributed by atoms with Crippen LogP contribution in [0.15, 0.2) is 42.5 Å². The second-order valence-corrected chi connectivity index (χ2v) is 4.54. The van der Waals surface area contributed by atoms with Crippen molar-refractivity contribution >= 4 is 0 Å². The van der Waals surface area contributed by atoms with E-state index in [4.69, 9.17) is 0 Å². The minimum absolute atomic E-state index is 0.608. The average molecular weight is 264 g/mol. The minimum Gasteiger partial charge on any atom is -0.166 e. The Morgan fingerprint density at radius 1 is 0.947 bits per heavy atom. The molecule has 0 aliphatic heterocycles. The lowest BCUT2D eigenvalue weighted by Gasteiger charge is -2.13. The Morgan fingerprint density at radius 3 is 2.11 bits per heavy atom. The molecule has 0 atom stereocenters. The van der Waals surface area contributed by atoms with Crippen LogP contribution in [-0.2, 0) is 12.6 Å². The molecule has 0 bridgehead atoms. The van der Waals surface area contributed by atoms with Crippen LogP contribution in [0.5, 0.6) is 0 Å². The van der Waals surface area contributed by atoms with Crippen LogP contribution in [-0.4, -0.2) is 0 Å². The first-order valence-electron chi connectivity index (χ1n) is 6.19. The topological polar surface area (TPSA) is 0 Å². The highest BCUT2D eigenvalue weighted by Gasteiger charge is 2.30. The molecule has 0 fully saturated rings. The number of rotatable bonds is 2. The van der Waals surface area contributed by atoms with Gasteiger partial charge >= 0.3 is 6.18 Å². The molecule has 0 amide bonds. The molecule has 0 aromatic heterocycles. The third-order valence-electron chi connectivity index (χ3n) is 3.24. The predicted octanol–water partition coefficient (Wildman–Crippen LogP) is 5.24. The molecule has 0 spiro atoms. The van der Waals surface area contributed by atoms with Crippen LogP contribution in [0.3, 0.4) is 0 Å². The molecular weight excluding hydrogens is 249 g/mol. The summed E-state index contributed by atoms with van der Waals surface area (Å²) in [4.78, 5) is 0. The van der Waals surface area contributed by atoms with Gasteiger partial charge < -0.3 is 0 Å². The molecule has 0 heterocycles. The van der Waals surface area contributed by atoms with Crippen molar-refractivity contribution in [3.63, 3.8) is 0 Å². The molecule has 3 heteroatoms. The SMILES string of the molecule is CCc1cccc(C)c1-c1ccc(C(F)(F)F)cc1. The molecule has 2 aromatic rings. The van der Waals surface area contributed by atoms with Crippen molar-refractivity contribution in [2.75, 3.05) is 0 Å². The highest BCUT2D eigenvalue weighted by atomic mass is 19.4. The first-order chi connectivity index (χ1) is 8.93. The Balaban J connectivity index is 2.49. The molecule has 0 N–H and O–H groups in total. The maximum atomic E-state index is 12.5. The van der Waals surface area contributed by atoms with E-state index in [-0.39, 0.29) is 0 Å². The molecule has 0 radical (unpaired) electrons. The maximum Gasteiger partial charge on any atom is 0.416 e. The van der Waals surface area contributed by atoms with Crippen LogP contribution in [0.4, 0.5) is 13.2 Å². The molecule has 0 aliphatic carbocycles. The van der Waals surface area contributed by atoms with Crippen LogP contribution in [0.1, 0.15) is 23.6 Å². The monoisotopic (exact) mass is 264 g/mol. The van der Waals surface area contributed by atoms with E-state index in [0.717, 1.165) is 40.8 Å². The molecule has 0 saturated heterocycles. The van der Waals surface area contributed by atoms with E-state index >= 15 is 0 Å². The number of alkyl halides is 3. The third kappa shape index (κ3) is 2.80. The standard InChI is InChI=1S/C16H15F3/c1-3-12-6-4-5-11(2)15(12)13-7-9-14(10-8-13)16(17,18)19/h4-10H,3H2,1-2H3. The number of hydrogen-bond donors (Lipinski definition) is 0. The zero-order chi connectivity index (χ0) is 14.0. The van der Waals surface area contributed by atoms with Gasteiger partial charge in [0.05, 0.1) is 5.56 Å². The fourth-order valence-corrected chi connectivity index (χ4v) is 2.26. The number of benzene rings is 2. The maximum absolute atomic E-state index is 12.5. The summed E-state index contributed by atoms with van der Waals surface area (Å²) in [5.41, 5.74) is 3.50. The van der Waals surface area contributed by atoms with Crippen LogP contribution >= 0.6 is 0 Å². The lowest BCUT2D eigenvalue weighted by Crippen LogP contribution is -2.04. The van der Waals surface area contributed by atoms with Crippen molar-refractivity contribution in [3.05, 3.63) is 59.2 Å². The van der Waals surface area contributed by atoms with E-state index in [1.165, 1.54) is 0 Å². The summed E-state index contributed by atoms with van der Waals surface area (Å²) in [6.07, 6.45) is -3.42. The predicted molar refractivity (Wildman–Crippen MR) is 71.0 cm³/mol. The van der Waals surface area contributed by atoms with Gasteiger partial charge in [-0.15, -0.1) is 0 Å². The van der Waals surface area contributed by atoms with Crippen LogP contribution in [0.2, 0.25) is 0 Å². The smallest absolute Gasteiger partial charge is 0.166 e. The van der Waals surface area contributed by atoms with E-state index in [0.29, 0.717) is 0 Å². The third-order valence-corrected chi connectivity index (χ3v) is 3.24. The molecule has 0 saturated carbocycles. The van der Waals surface area contributed by atoms with Crippen LogP contribution < -0.4 is 0 Å². The molecule has 0 nitrogen and oxygen atoms in total. The second kappa shape index (κ2) is 5.08. The molecule has 100 valence electrons. The minimum atomic E-state index is -4.28. The van der Waals surface area contributed by atoms with E-state index in [1.54, 1.807) is 12.1 Å². The molecule has 19 heavy (non-hydrogen) atoms. The normalized spacial score (nSPS) is 11.6. The van der Waals surface area contributed by atoms with E-state index in [9.17, 15) is 13.2 Å². The van der Waals surface area contributed by atoms with Gasteiger partial charge in [-0.2, -0.15) is 13.2 Å². The van der Waals surface area contributed by atoms with Crippen LogP contribution in [0.25, 0.3) is 11.1 Å². The zero-order valence-corrected chi connectivity index (χ0v) is 10.9. The van der Waals surface area contributed by atoms with Gasteiger partial charge in [0.15, 0.2) is 0 Å². The van der Waals surface area contributed by atoms with Crippen molar-refractivity contribution in [2.24, 2.45) is 0 Å². The Kier molecular flexibility index (Phi) is 3.65. The number of hydrogen-bond acceptors (Lipinski definition) is 0. The van der Waals surface area contributed by atoms with Crippen molar-refractivity contribution in [3.8, 4) is 11.1 Å². The Labute approximate surface area is 110 Å². The lowest BCUT2D eigenvalue weighted by atomic mass is 9.93. The van der Waals surface area contributed by atoms with Gasteiger partial charge in [-0.1, -0.05) is 37.3 Å². The Hall–Kier alpha value is -1.77. The summed E-state index contributed by atoms with van der Waals surface area (Å²) < 4.78 is 37.6. The van der Waals surface area contributed by atoms with Gasteiger partial charge in [0.1, 0.15) is 0 Å². The molecule has 2 aromatic carbocycles. The summed E-state index contributed by atoms with van der Waals surface area (Å²) in [6.45, 7) is 4.02. The second-order valence-electron chi connectivity index (χ2n) is 4.54. The van der Waals surface area contributed by atoms with E-state index in [2.05, 4.69) is 0 Å². The van der Waals surface area contributed by atoms with Crippen LogP contribution in [0, 0.1) is 6.92 Å². The van der Waals surface area contributed by atoms with Crippen molar-refractivity contribution in [1.82, 2.24) is 0 Å². The first kappa shape index (κ1) is 13.7. The van der Waals surface area contributed by atoms with Gasteiger partial charge in [0.2, 0.25) is 0 Å². The highest BCUT2D eigenvalue weighted by Crippen LogP contribution is 2.33. The Morgan fingerprint density at radius 2 is 1.58 bits per heavy atom. The van der Waals surface area contributed by atoms with Gasteiger partial charge in [-0.3, -0.25) is 0 Å². The highest BCUT2D eigenvalue weighted by molar-refractivity contribution is 5.71. The van der Waals surface area contributed by atoms with Gasteiger partial charge in [0, 0.05) is 0 Å². The van der Waals surface area contributed by atoms with Crippen molar-refractivity contribution in [1.29, 1.82) is 0 Å². The number of halogens is 3. The fraction of sp³-hybridized carbons (Fsp3) is 0.250. The first-order valence-corrected chi connectivity index (χ1v) is 6.19. The molecule has 0 unspecified atom stereocenters. The average Bonchev–Trinajstić information content (AvgIpc) is 2.37. The summed E-state index contributed by atoms with van der Waals surface area (Å²) in [5, 5.41) is 0. The van der Waals surface area contributed by atoms with E-state index in [1.807, 2.05) is 32.0 Å². The van der Waals surface area contributed by atoms with Crippen molar-refractivity contribution < 1.29 is 13.2 Å². The molecule has 2 rings (SSSR count). The van der Waals surface area contributed by atoms with Gasteiger partial charge in [0.25, 0.3) is 0 Å². The summed E-state index contributed by atoms with van der Waals surface area (Å²) in [7, 11) is 0. The van der Waals surface area contributed by atoms with E-state index < -0.39 is 11.7 Å². The Bertz CT molecular complexity index is 566. The summed E-state index contributed by atoms with van der Waals surface area (Å²) >= 11 is 0. The van der Waals surface area contributed by atoms with Gasteiger partial charge in [-0.05, 0) is 47.7 Å². The zero-order valence-electron chi connectivity index (χ0n) is 10.9. The summed E-state index contributed by atoms with van der Waals surface area (Å²) in [5.74, 6) is 0. The van der Waals surface area contributed by atoms with Gasteiger partial charge in [-0.25, -0.2) is 0 Å². The largest absolute Gasteiger partial charge is 0.416 e. The quantitative estimate of drug-likeness (QED) is 0.695. The number of aryl methyl sites for hydroxylation is 2. The lowest BCUT2D eigenvalue weighted by molar-refractivity contribution is -0.137. The van der Waals surface area contributed by atoms with Crippen molar-refractivity contribution in [2.45, 2.75) is 26.4 Å². The fourth-order valence-electron chi connectivity index (χ4n) is 2.26. The molecule has 0 aliphatic rings. The molecular formula is C16H15F3. The summed E-state index contributed by atoms with van der Waals surface area (Å²) in [6, 6.07) is 11.3.